The summed E-state index contributed by atoms with van der Waals surface area (Å²) in [7, 11) is 0. The first-order valence-corrected chi connectivity index (χ1v) is 5.54. The van der Waals surface area contributed by atoms with Gasteiger partial charge < -0.3 is 11.1 Å². The first kappa shape index (κ1) is 12.0. The van der Waals surface area contributed by atoms with Crippen molar-refractivity contribution in [1.29, 1.82) is 0 Å². The van der Waals surface area contributed by atoms with E-state index in [2.05, 4.69) is 10.3 Å². The lowest BCUT2D eigenvalue weighted by Crippen LogP contribution is -2.21. The third-order valence-electron chi connectivity index (χ3n) is 2.97. The number of rotatable bonds is 3. The van der Waals surface area contributed by atoms with E-state index in [9.17, 15) is 13.2 Å². The summed E-state index contributed by atoms with van der Waals surface area (Å²) in [6.07, 6.45) is -0.933. The third kappa shape index (κ3) is 3.01. The Morgan fingerprint density at radius 3 is 2.59 bits per heavy atom. The molecule has 0 unspecified atom stereocenters. The number of anilines is 2. The molecule has 0 spiro atoms. The maximum absolute atomic E-state index is 12.5. The Labute approximate surface area is 97.2 Å². The highest BCUT2D eigenvalue weighted by atomic mass is 19.4. The Hall–Kier alpha value is -1.46. The second kappa shape index (κ2) is 4.43. The molecule has 0 atom stereocenters. The van der Waals surface area contributed by atoms with E-state index in [0.29, 0.717) is 12.5 Å². The van der Waals surface area contributed by atoms with Gasteiger partial charge in [0.1, 0.15) is 11.6 Å². The molecule has 1 aliphatic rings. The maximum Gasteiger partial charge on any atom is 0.416 e. The van der Waals surface area contributed by atoms with Crippen LogP contribution < -0.4 is 11.1 Å². The average molecular weight is 245 g/mol. The third-order valence-corrected chi connectivity index (χ3v) is 2.97. The Balaban J connectivity index is 2.08. The van der Waals surface area contributed by atoms with Gasteiger partial charge in [0.2, 0.25) is 0 Å². The monoisotopic (exact) mass is 245 g/mol. The van der Waals surface area contributed by atoms with Crippen molar-refractivity contribution in [2.45, 2.75) is 25.4 Å². The average Bonchev–Trinajstić information content (AvgIpc) is 2.13. The zero-order chi connectivity index (χ0) is 12.5. The molecule has 1 fully saturated rings. The van der Waals surface area contributed by atoms with E-state index >= 15 is 0 Å². The molecule has 1 saturated carbocycles. The van der Waals surface area contributed by atoms with E-state index in [1.54, 1.807) is 0 Å². The van der Waals surface area contributed by atoms with Crippen LogP contribution in [0.1, 0.15) is 24.8 Å². The van der Waals surface area contributed by atoms with Crippen LogP contribution in [0.2, 0.25) is 0 Å². The fourth-order valence-corrected chi connectivity index (χ4v) is 1.75. The molecule has 94 valence electrons. The molecule has 0 aromatic carbocycles. The number of nitrogen functional groups attached to an aromatic ring is 1. The van der Waals surface area contributed by atoms with E-state index < -0.39 is 11.7 Å². The zero-order valence-corrected chi connectivity index (χ0v) is 9.22. The van der Waals surface area contributed by atoms with Crippen LogP contribution in [0.4, 0.5) is 24.8 Å². The van der Waals surface area contributed by atoms with Gasteiger partial charge in [-0.3, -0.25) is 0 Å². The second-order valence-corrected chi connectivity index (χ2v) is 4.34. The van der Waals surface area contributed by atoms with Gasteiger partial charge in [-0.1, -0.05) is 6.42 Å². The number of aromatic nitrogens is 1. The number of nitrogens with two attached hydrogens (primary N) is 1. The van der Waals surface area contributed by atoms with E-state index in [1.165, 1.54) is 6.42 Å². The number of hydrogen-bond donors (Lipinski definition) is 2. The van der Waals surface area contributed by atoms with E-state index in [-0.39, 0.29) is 11.6 Å². The van der Waals surface area contributed by atoms with Gasteiger partial charge >= 0.3 is 6.18 Å². The smallest absolute Gasteiger partial charge is 0.384 e. The van der Waals surface area contributed by atoms with Crippen molar-refractivity contribution in [3.63, 3.8) is 0 Å². The van der Waals surface area contributed by atoms with Crippen molar-refractivity contribution < 1.29 is 13.2 Å². The van der Waals surface area contributed by atoms with E-state index in [0.717, 1.165) is 25.0 Å². The number of hydrogen-bond acceptors (Lipinski definition) is 3. The predicted octanol–water partition coefficient (Wildman–Crippen LogP) is 2.89. The summed E-state index contributed by atoms with van der Waals surface area (Å²) in [4.78, 5) is 3.84. The van der Waals surface area contributed by atoms with Gasteiger partial charge in [0.15, 0.2) is 0 Å². The fraction of sp³-hybridized carbons (Fsp3) is 0.545. The van der Waals surface area contributed by atoms with Crippen LogP contribution in [0.3, 0.4) is 0 Å². The number of nitrogens with zero attached hydrogens (tertiary/aromatic N) is 1. The normalized spacial score (nSPS) is 16.6. The minimum absolute atomic E-state index is 0.115. The highest BCUT2D eigenvalue weighted by molar-refractivity contribution is 5.47. The fourth-order valence-electron chi connectivity index (χ4n) is 1.75. The Morgan fingerprint density at radius 1 is 1.35 bits per heavy atom. The number of nitrogens with one attached hydrogen (secondary N) is 1. The summed E-state index contributed by atoms with van der Waals surface area (Å²) >= 11 is 0. The lowest BCUT2D eigenvalue weighted by molar-refractivity contribution is -0.137. The first-order chi connectivity index (χ1) is 7.95. The minimum Gasteiger partial charge on any atom is -0.384 e. The molecule has 2 rings (SSSR count). The van der Waals surface area contributed by atoms with Gasteiger partial charge in [0.25, 0.3) is 0 Å². The minimum atomic E-state index is -4.38. The van der Waals surface area contributed by atoms with Crippen molar-refractivity contribution in [2.24, 2.45) is 5.92 Å². The van der Waals surface area contributed by atoms with Crippen molar-refractivity contribution in [3.8, 4) is 0 Å². The standard InChI is InChI=1S/C11H14F3N3/c12-11(13,14)8-4-9(15)17-10(5-8)16-6-7-2-1-3-7/h4-5,7H,1-3,6H2,(H3,15,16,17). The van der Waals surface area contributed by atoms with E-state index in [1.807, 2.05) is 0 Å². The molecule has 6 heteroatoms. The number of halogens is 3. The second-order valence-electron chi connectivity index (χ2n) is 4.34. The van der Waals surface area contributed by atoms with E-state index in [4.69, 9.17) is 5.73 Å². The van der Waals surface area contributed by atoms with Crippen LogP contribution >= 0.6 is 0 Å². The number of alkyl halides is 3. The maximum atomic E-state index is 12.5. The van der Waals surface area contributed by atoms with Gasteiger partial charge in [-0.2, -0.15) is 13.2 Å². The molecular formula is C11H14F3N3. The van der Waals surface area contributed by atoms with Crippen LogP contribution in [0.25, 0.3) is 0 Å². The number of pyridine rings is 1. The summed E-state index contributed by atoms with van der Waals surface area (Å²) in [6, 6.07) is 1.84. The zero-order valence-electron chi connectivity index (χ0n) is 9.22. The van der Waals surface area contributed by atoms with Crippen molar-refractivity contribution >= 4 is 11.6 Å². The van der Waals surface area contributed by atoms with Gasteiger partial charge in [-0.15, -0.1) is 0 Å². The largest absolute Gasteiger partial charge is 0.416 e. The van der Waals surface area contributed by atoms with Crippen LogP contribution in [0, 0.1) is 5.92 Å². The summed E-state index contributed by atoms with van der Waals surface area (Å²) < 4.78 is 37.5. The molecule has 1 heterocycles. The molecule has 17 heavy (non-hydrogen) atoms. The SMILES string of the molecule is Nc1cc(C(F)(F)F)cc(NCC2CCC2)n1. The molecule has 0 saturated heterocycles. The molecule has 1 aromatic heterocycles. The Morgan fingerprint density at radius 2 is 2.06 bits per heavy atom. The van der Waals surface area contributed by atoms with Crippen molar-refractivity contribution in [1.82, 2.24) is 4.98 Å². The molecule has 0 aliphatic heterocycles. The highest BCUT2D eigenvalue weighted by Crippen LogP contribution is 2.32. The molecular weight excluding hydrogens is 231 g/mol. The molecule has 3 nitrogen and oxygen atoms in total. The highest BCUT2D eigenvalue weighted by Gasteiger charge is 2.31. The van der Waals surface area contributed by atoms with Crippen LogP contribution in [-0.4, -0.2) is 11.5 Å². The van der Waals surface area contributed by atoms with Crippen molar-refractivity contribution in [3.05, 3.63) is 17.7 Å². The Kier molecular flexibility index (Phi) is 3.13. The van der Waals surface area contributed by atoms with Crippen LogP contribution in [0.5, 0.6) is 0 Å². The van der Waals surface area contributed by atoms with Gasteiger partial charge in [-0.25, -0.2) is 4.98 Å². The van der Waals surface area contributed by atoms with Gasteiger partial charge in [0, 0.05) is 6.54 Å². The Bertz CT molecular complexity index is 399. The van der Waals surface area contributed by atoms with Gasteiger partial charge in [0.05, 0.1) is 5.56 Å². The quantitative estimate of drug-likeness (QED) is 0.860. The van der Waals surface area contributed by atoms with Crippen LogP contribution in [-0.2, 0) is 6.18 Å². The lowest BCUT2D eigenvalue weighted by Gasteiger charge is -2.25. The summed E-state index contributed by atoms with van der Waals surface area (Å²) in [5, 5.41) is 2.91. The molecule has 0 radical (unpaired) electrons. The van der Waals surface area contributed by atoms with Crippen LogP contribution in [0.15, 0.2) is 12.1 Å². The molecule has 3 N–H and O–H groups in total. The van der Waals surface area contributed by atoms with Gasteiger partial charge in [-0.05, 0) is 30.9 Å². The molecule has 0 bridgehead atoms. The topological polar surface area (TPSA) is 50.9 Å². The lowest BCUT2D eigenvalue weighted by atomic mass is 9.85. The first-order valence-electron chi connectivity index (χ1n) is 5.54. The summed E-state index contributed by atoms with van der Waals surface area (Å²) in [5.74, 6) is 0.632. The molecule has 0 amide bonds. The van der Waals surface area contributed by atoms with Crippen molar-refractivity contribution in [2.75, 3.05) is 17.6 Å². The summed E-state index contributed by atoms with van der Waals surface area (Å²) in [6.45, 7) is 0.660. The summed E-state index contributed by atoms with van der Waals surface area (Å²) in [5.41, 5.74) is 4.59. The predicted molar refractivity (Wildman–Crippen MR) is 59.5 cm³/mol. The molecule has 1 aliphatic carbocycles. The molecule has 1 aromatic rings.